The number of hydrogen-bond donors (Lipinski definition) is 1. The van der Waals surface area contributed by atoms with E-state index in [2.05, 4.69) is 29.8 Å². The lowest BCUT2D eigenvalue weighted by Crippen LogP contribution is -2.37. The van der Waals surface area contributed by atoms with Crippen LogP contribution in [0.5, 0.6) is 0 Å². The fourth-order valence-corrected chi connectivity index (χ4v) is 4.09. The highest BCUT2D eigenvalue weighted by Gasteiger charge is 2.27. The van der Waals surface area contributed by atoms with Gasteiger partial charge in [-0.3, -0.25) is 4.79 Å². The predicted octanol–water partition coefficient (Wildman–Crippen LogP) is 2.33. The van der Waals surface area contributed by atoms with Crippen LogP contribution in [-0.4, -0.2) is 43.4 Å². The topological polar surface area (TPSA) is 73.4 Å². The number of anilines is 2. The molecule has 1 fully saturated rings. The van der Waals surface area contributed by atoms with E-state index in [1.54, 1.807) is 0 Å². The van der Waals surface area contributed by atoms with Crippen molar-refractivity contribution in [3.05, 3.63) is 10.4 Å². The Bertz CT molecular complexity index is 575. The first-order chi connectivity index (χ1) is 9.99. The van der Waals surface area contributed by atoms with Crippen LogP contribution in [0.3, 0.4) is 0 Å². The standard InChI is InChI=1S/C15H22N4OS/c1-4-12(20)14-13(17)11(8-16)15(21-14)19-7-5-6-18(3)9-10(19)2/h10H,4-7,9,17H2,1-3H3. The Hall–Kier alpha value is -1.58. The highest BCUT2D eigenvalue weighted by molar-refractivity contribution is 7.19. The molecule has 5 nitrogen and oxygen atoms in total. The Kier molecular flexibility index (Phi) is 4.86. The van der Waals surface area contributed by atoms with Crippen molar-refractivity contribution in [3.8, 4) is 6.07 Å². The van der Waals surface area contributed by atoms with Gasteiger partial charge in [0, 0.05) is 25.6 Å². The Morgan fingerprint density at radius 3 is 2.86 bits per heavy atom. The van der Waals surface area contributed by atoms with Gasteiger partial charge in [-0.15, -0.1) is 11.3 Å². The summed E-state index contributed by atoms with van der Waals surface area (Å²) in [5.74, 6) is 0.0137. The molecule has 2 N–H and O–H groups in total. The molecule has 0 bridgehead atoms. The monoisotopic (exact) mass is 306 g/mol. The molecule has 0 aromatic carbocycles. The van der Waals surface area contributed by atoms with Gasteiger partial charge in [0.2, 0.25) is 0 Å². The number of hydrogen-bond acceptors (Lipinski definition) is 6. The van der Waals surface area contributed by atoms with E-state index in [9.17, 15) is 10.1 Å². The quantitative estimate of drug-likeness (QED) is 0.868. The zero-order chi connectivity index (χ0) is 15.6. The van der Waals surface area contributed by atoms with Gasteiger partial charge in [0.15, 0.2) is 5.78 Å². The van der Waals surface area contributed by atoms with Gasteiger partial charge in [-0.1, -0.05) is 6.92 Å². The van der Waals surface area contributed by atoms with Crippen LogP contribution in [0.2, 0.25) is 0 Å². The van der Waals surface area contributed by atoms with Crippen LogP contribution in [0, 0.1) is 11.3 Å². The van der Waals surface area contributed by atoms with Crippen molar-refractivity contribution in [2.45, 2.75) is 32.7 Å². The van der Waals surface area contributed by atoms with Gasteiger partial charge in [0.1, 0.15) is 16.6 Å². The maximum absolute atomic E-state index is 12.0. The van der Waals surface area contributed by atoms with Crippen LogP contribution in [0.15, 0.2) is 0 Å². The fourth-order valence-electron chi connectivity index (χ4n) is 2.78. The van der Waals surface area contributed by atoms with E-state index in [1.165, 1.54) is 11.3 Å². The molecule has 0 saturated carbocycles. The van der Waals surface area contributed by atoms with Crippen molar-refractivity contribution < 1.29 is 4.79 Å². The van der Waals surface area contributed by atoms with Crippen molar-refractivity contribution in [2.24, 2.45) is 0 Å². The first kappa shape index (κ1) is 15.8. The molecule has 21 heavy (non-hydrogen) atoms. The molecule has 2 rings (SSSR count). The fraction of sp³-hybridized carbons (Fsp3) is 0.600. The first-order valence-corrected chi connectivity index (χ1v) is 8.12. The minimum absolute atomic E-state index is 0.0137. The van der Waals surface area contributed by atoms with E-state index in [1.807, 2.05) is 6.92 Å². The number of thiophene rings is 1. The summed E-state index contributed by atoms with van der Waals surface area (Å²) in [5, 5.41) is 10.3. The number of ketones is 1. The molecule has 0 radical (unpaired) electrons. The predicted molar refractivity (Wildman–Crippen MR) is 87.0 cm³/mol. The molecule has 0 spiro atoms. The Morgan fingerprint density at radius 1 is 1.52 bits per heavy atom. The molecule has 114 valence electrons. The van der Waals surface area contributed by atoms with Crippen LogP contribution in [0.4, 0.5) is 10.7 Å². The molecule has 1 aromatic heterocycles. The average molecular weight is 306 g/mol. The summed E-state index contributed by atoms with van der Waals surface area (Å²) >= 11 is 1.37. The lowest BCUT2D eigenvalue weighted by atomic mass is 10.1. The second kappa shape index (κ2) is 6.46. The van der Waals surface area contributed by atoms with Gasteiger partial charge in [0.25, 0.3) is 0 Å². The molecular weight excluding hydrogens is 284 g/mol. The highest BCUT2D eigenvalue weighted by atomic mass is 32.1. The Balaban J connectivity index is 2.43. The number of carbonyl (C=O) groups excluding carboxylic acids is 1. The molecule has 6 heteroatoms. The summed E-state index contributed by atoms with van der Waals surface area (Å²) < 4.78 is 0. The number of nitrogen functional groups attached to an aromatic ring is 1. The normalized spacial score (nSPS) is 20.1. The third-order valence-corrected chi connectivity index (χ3v) is 5.20. The van der Waals surface area contributed by atoms with E-state index in [0.29, 0.717) is 28.6 Å². The molecule has 2 heterocycles. The molecule has 1 unspecified atom stereocenters. The van der Waals surface area contributed by atoms with Gasteiger partial charge in [-0.25, -0.2) is 0 Å². The molecule has 1 aliphatic rings. The molecule has 1 atom stereocenters. The third kappa shape index (κ3) is 3.04. The molecular formula is C15H22N4OS. The lowest BCUT2D eigenvalue weighted by molar-refractivity contribution is 0.0993. The van der Waals surface area contributed by atoms with Crippen molar-refractivity contribution >= 4 is 27.8 Å². The van der Waals surface area contributed by atoms with Crippen LogP contribution in [0.25, 0.3) is 0 Å². The van der Waals surface area contributed by atoms with E-state index >= 15 is 0 Å². The zero-order valence-corrected chi connectivity index (χ0v) is 13.7. The van der Waals surface area contributed by atoms with E-state index in [0.717, 1.165) is 31.1 Å². The molecule has 1 saturated heterocycles. The second-order valence-electron chi connectivity index (χ2n) is 5.57. The molecule has 1 aromatic rings. The molecule has 0 amide bonds. The SMILES string of the molecule is CCC(=O)c1sc(N2CCCN(C)CC2C)c(C#N)c1N. The summed E-state index contributed by atoms with van der Waals surface area (Å²) in [4.78, 5) is 17.1. The van der Waals surface area contributed by atoms with E-state index in [-0.39, 0.29) is 5.78 Å². The van der Waals surface area contributed by atoms with E-state index in [4.69, 9.17) is 5.73 Å². The van der Waals surface area contributed by atoms with Gasteiger partial charge in [0.05, 0.1) is 10.6 Å². The minimum Gasteiger partial charge on any atom is -0.396 e. The van der Waals surface area contributed by atoms with Crippen molar-refractivity contribution in [3.63, 3.8) is 0 Å². The first-order valence-electron chi connectivity index (χ1n) is 7.30. The zero-order valence-electron chi connectivity index (χ0n) is 12.8. The highest BCUT2D eigenvalue weighted by Crippen LogP contribution is 2.39. The summed E-state index contributed by atoms with van der Waals surface area (Å²) in [6, 6.07) is 2.49. The van der Waals surface area contributed by atoms with Crippen LogP contribution in [-0.2, 0) is 0 Å². The van der Waals surface area contributed by atoms with Gasteiger partial charge < -0.3 is 15.5 Å². The molecule has 1 aliphatic heterocycles. The summed E-state index contributed by atoms with van der Waals surface area (Å²) in [6.07, 6.45) is 1.45. The number of nitrogens with two attached hydrogens (primary N) is 1. The second-order valence-corrected chi connectivity index (χ2v) is 6.57. The Labute approximate surface area is 129 Å². The number of rotatable bonds is 3. The molecule has 0 aliphatic carbocycles. The maximum Gasteiger partial charge on any atom is 0.174 e. The smallest absolute Gasteiger partial charge is 0.174 e. The van der Waals surface area contributed by atoms with Crippen molar-refractivity contribution in [1.82, 2.24) is 4.90 Å². The summed E-state index contributed by atoms with van der Waals surface area (Å²) in [6.45, 7) is 6.85. The van der Waals surface area contributed by atoms with Crippen LogP contribution < -0.4 is 10.6 Å². The van der Waals surface area contributed by atoms with Crippen molar-refractivity contribution in [2.75, 3.05) is 37.3 Å². The number of carbonyl (C=O) groups is 1. The number of Topliss-reactive ketones (excluding diaryl/α,β-unsaturated/α-hetero) is 1. The average Bonchev–Trinajstić information content (AvgIpc) is 2.68. The number of likely N-dealkylation sites (N-methyl/N-ethyl adjacent to an activating group) is 1. The van der Waals surface area contributed by atoms with E-state index < -0.39 is 0 Å². The van der Waals surface area contributed by atoms with Crippen LogP contribution >= 0.6 is 11.3 Å². The minimum atomic E-state index is 0.0137. The number of nitriles is 1. The lowest BCUT2D eigenvalue weighted by Gasteiger charge is -2.29. The Morgan fingerprint density at radius 2 is 2.24 bits per heavy atom. The van der Waals surface area contributed by atoms with Gasteiger partial charge in [-0.2, -0.15) is 5.26 Å². The van der Waals surface area contributed by atoms with Gasteiger partial charge in [-0.05, 0) is 26.9 Å². The summed E-state index contributed by atoms with van der Waals surface area (Å²) in [5.41, 5.74) is 6.86. The van der Waals surface area contributed by atoms with Crippen molar-refractivity contribution in [1.29, 1.82) is 5.26 Å². The third-order valence-electron chi connectivity index (χ3n) is 3.92. The largest absolute Gasteiger partial charge is 0.396 e. The number of nitrogens with zero attached hydrogens (tertiary/aromatic N) is 3. The van der Waals surface area contributed by atoms with Gasteiger partial charge >= 0.3 is 0 Å². The van der Waals surface area contributed by atoms with Crippen LogP contribution in [0.1, 0.15) is 41.9 Å². The summed E-state index contributed by atoms with van der Waals surface area (Å²) in [7, 11) is 2.11. The maximum atomic E-state index is 12.0.